The van der Waals surface area contributed by atoms with Crippen LogP contribution in [0.5, 0.6) is 0 Å². The maximum atomic E-state index is 5.49. The smallest absolute Gasteiger partial charge is 0.250 e. The van der Waals surface area contributed by atoms with Crippen LogP contribution < -0.4 is 15.6 Å². The molecule has 1 aliphatic heterocycles. The number of hydrogen-bond donors (Lipinski definition) is 2. The average Bonchev–Trinajstić information content (AvgIpc) is 2.92. The fourth-order valence-electron chi connectivity index (χ4n) is 3.87. The van der Waals surface area contributed by atoms with Gasteiger partial charge in [-0.05, 0) is 35.6 Å². The van der Waals surface area contributed by atoms with Gasteiger partial charge in [0.15, 0.2) is 0 Å². The Labute approximate surface area is 204 Å². The van der Waals surface area contributed by atoms with E-state index < -0.39 is 0 Å². The fraction of sp³-hybridized carbons (Fsp3) is 0.185. The van der Waals surface area contributed by atoms with E-state index in [1.807, 2.05) is 55.5 Å². The minimum absolute atomic E-state index is 0.367. The van der Waals surface area contributed by atoms with Gasteiger partial charge in [-0.3, -0.25) is 0 Å². The first kappa shape index (κ1) is 22.5. The SMILES string of the molecule is C/C(=C\C=N/Nc1nc(Nc2cccc3ccccc23)nc(N2CCOCC2)n1)c1ccccc1. The fourth-order valence-corrected chi connectivity index (χ4v) is 3.87. The van der Waals surface area contributed by atoms with E-state index in [2.05, 4.69) is 66.0 Å². The van der Waals surface area contributed by atoms with Gasteiger partial charge in [0.25, 0.3) is 0 Å². The molecule has 0 saturated carbocycles. The van der Waals surface area contributed by atoms with Gasteiger partial charge in [-0.2, -0.15) is 20.1 Å². The summed E-state index contributed by atoms with van der Waals surface area (Å²) in [5, 5.41) is 9.93. The number of nitrogens with zero attached hydrogens (tertiary/aromatic N) is 5. The second-order valence-corrected chi connectivity index (χ2v) is 8.14. The van der Waals surface area contributed by atoms with Crippen molar-refractivity contribution >= 4 is 46.1 Å². The zero-order chi connectivity index (χ0) is 23.9. The lowest BCUT2D eigenvalue weighted by Crippen LogP contribution is -2.37. The van der Waals surface area contributed by atoms with Gasteiger partial charge in [0.1, 0.15) is 0 Å². The Hall–Kier alpha value is -4.30. The first-order valence-corrected chi connectivity index (χ1v) is 11.6. The van der Waals surface area contributed by atoms with Gasteiger partial charge >= 0.3 is 0 Å². The van der Waals surface area contributed by atoms with Crippen molar-refractivity contribution < 1.29 is 4.74 Å². The van der Waals surface area contributed by atoms with Crippen molar-refractivity contribution in [1.82, 2.24) is 15.0 Å². The lowest BCUT2D eigenvalue weighted by atomic mass is 10.1. The summed E-state index contributed by atoms with van der Waals surface area (Å²) in [5.74, 6) is 1.40. The standard InChI is InChI=1S/C27H27N7O/c1-20(21-8-3-2-4-9-21)14-15-28-33-26-30-25(31-27(32-26)34-16-18-35-19-17-34)29-24-13-7-11-22-10-5-6-12-23(22)24/h2-15H,16-19H2,1H3,(H2,29,30,31,32,33)/b20-14+,28-15-. The van der Waals surface area contributed by atoms with Crippen LogP contribution >= 0.6 is 0 Å². The topological polar surface area (TPSA) is 87.6 Å². The van der Waals surface area contributed by atoms with Gasteiger partial charge in [0, 0.05) is 30.4 Å². The van der Waals surface area contributed by atoms with E-state index in [0.29, 0.717) is 31.1 Å². The van der Waals surface area contributed by atoms with Crippen LogP contribution in [0.2, 0.25) is 0 Å². The highest BCUT2D eigenvalue weighted by Gasteiger charge is 2.17. The van der Waals surface area contributed by atoms with E-state index in [9.17, 15) is 0 Å². The lowest BCUT2D eigenvalue weighted by Gasteiger charge is -2.27. The monoisotopic (exact) mass is 465 g/mol. The van der Waals surface area contributed by atoms with Crippen molar-refractivity contribution in [2.45, 2.75) is 6.92 Å². The third-order valence-corrected chi connectivity index (χ3v) is 5.75. The maximum absolute atomic E-state index is 5.49. The first-order valence-electron chi connectivity index (χ1n) is 11.6. The number of aromatic nitrogens is 3. The molecule has 1 saturated heterocycles. The maximum Gasteiger partial charge on any atom is 0.250 e. The van der Waals surface area contributed by atoms with Crippen LogP contribution in [0.25, 0.3) is 16.3 Å². The molecule has 35 heavy (non-hydrogen) atoms. The molecular formula is C27H27N7O. The van der Waals surface area contributed by atoms with Crippen LogP contribution in [0.4, 0.5) is 23.5 Å². The summed E-state index contributed by atoms with van der Waals surface area (Å²) in [6.45, 7) is 4.77. The Morgan fingerprint density at radius 2 is 1.63 bits per heavy atom. The Kier molecular flexibility index (Phi) is 6.91. The Balaban J connectivity index is 1.40. The first-order chi connectivity index (χ1) is 17.3. The number of ether oxygens (including phenoxy) is 1. The Morgan fingerprint density at radius 1 is 0.886 bits per heavy atom. The van der Waals surface area contributed by atoms with Crippen LogP contribution in [0.1, 0.15) is 12.5 Å². The molecule has 0 atom stereocenters. The summed E-state index contributed by atoms with van der Waals surface area (Å²) in [5.41, 5.74) is 6.15. The van der Waals surface area contributed by atoms with Gasteiger partial charge in [0.05, 0.1) is 13.2 Å². The zero-order valence-electron chi connectivity index (χ0n) is 19.6. The van der Waals surface area contributed by atoms with E-state index in [1.54, 1.807) is 6.21 Å². The van der Waals surface area contributed by atoms with E-state index in [1.165, 1.54) is 0 Å². The number of fused-ring (bicyclic) bond motifs is 1. The molecule has 2 N–H and O–H groups in total. The number of anilines is 4. The molecule has 4 aromatic rings. The van der Waals surface area contributed by atoms with Crippen molar-refractivity contribution in [3.05, 3.63) is 84.4 Å². The molecule has 1 aliphatic rings. The van der Waals surface area contributed by atoms with Crippen molar-refractivity contribution in [2.75, 3.05) is 41.9 Å². The summed E-state index contributed by atoms with van der Waals surface area (Å²) in [6, 6.07) is 24.5. The molecule has 0 bridgehead atoms. The molecule has 8 nitrogen and oxygen atoms in total. The third kappa shape index (κ3) is 5.62. The quantitative estimate of drug-likeness (QED) is 0.290. The van der Waals surface area contributed by atoms with Gasteiger partial charge in [0.2, 0.25) is 17.8 Å². The predicted molar refractivity (Wildman–Crippen MR) is 142 cm³/mol. The number of benzene rings is 3. The van der Waals surface area contributed by atoms with Gasteiger partial charge in [-0.15, -0.1) is 0 Å². The highest BCUT2D eigenvalue weighted by Crippen LogP contribution is 2.26. The molecule has 0 unspecified atom stereocenters. The molecule has 0 spiro atoms. The zero-order valence-corrected chi connectivity index (χ0v) is 19.6. The Bertz CT molecular complexity index is 1340. The molecule has 2 heterocycles. The summed E-state index contributed by atoms with van der Waals surface area (Å²) in [7, 11) is 0. The van der Waals surface area contributed by atoms with Crippen molar-refractivity contribution in [3.63, 3.8) is 0 Å². The van der Waals surface area contributed by atoms with E-state index in [4.69, 9.17) is 4.74 Å². The molecule has 3 aromatic carbocycles. The van der Waals surface area contributed by atoms with Crippen LogP contribution in [0.3, 0.4) is 0 Å². The van der Waals surface area contributed by atoms with Crippen molar-refractivity contribution in [3.8, 4) is 0 Å². The molecular weight excluding hydrogens is 438 g/mol. The minimum Gasteiger partial charge on any atom is -0.378 e. The largest absolute Gasteiger partial charge is 0.378 e. The van der Waals surface area contributed by atoms with Gasteiger partial charge in [-0.1, -0.05) is 66.7 Å². The number of hydrogen-bond acceptors (Lipinski definition) is 8. The van der Waals surface area contributed by atoms with Crippen molar-refractivity contribution in [2.24, 2.45) is 5.10 Å². The second kappa shape index (κ2) is 10.8. The highest BCUT2D eigenvalue weighted by molar-refractivity contribution is 5.95. The molecule has 0 aliphatic carbocycles. The highest BCUT2D eigenvalue weighted by atomic mass is 16.5. The Morgan fingerprint density at radius 3 is 2.49 bits per heavy atom. The molecule has 0 amide bonds. The normalized spacial score (nSPS) is 14.4. The van der Waals surface area contributed by atoms with Crippen LogP contribution in [0, 0.1) is 0 Å². The molecule has 1 aromatic heterocycles. The van der Waals surface area contributed by atoms with Crippen LogP contribution in [-0.4, -0.2) is 47.5 Å². The molecule has 176 valence electrons. The van der Waals surface area contributed by atoms with Crippen molar-refractivity contribution in [1.29, 1.82) is 0 Å². The molecule has 1 fully saturated rings. The van der Waals surface area contributed by atoms with Gasteiger partial charge in [-0.25, -0.2) is 5.43 Å². The summed E-state index contributed by atoms with van der Waals surface area (Å²) in [4.78, 5) is 15.9. The number of morpholine rings is 1. The number of allylic oxidation sites excluding steroid dienone is 2. The molecule has 8 heteroatoms. The van der Waals surface area contributed by atoms with E-state index in [0.717, 1.165) is 40.7 Å². The molecule has 5 rings (SSSR count). The average molecular weight is 466 g/mol. The molecule has 0 radical (unpaired) electrons. The minimum atomic E-state index is 0.367. The predicted octanol–water partition coefficient (Wildman–Crippen LogP) is 5.11. The van der Waals surface area contributed by atoms with Gasteiger partial charge < -0.3 is 15.0 Å². The number of rotatable bonds is 7. The van der Waals surface area contributed by atoms with E-state index >= 15 is 0 Å². The van der Waals surface area contributed by atoms with Crippen LogP contribution in [0.15, 0.2) is 84.0 Å². The third-order valence-electron chi connectivity index (χ3n) is 5.75. The van der Waals surface area contributed by atoms with E-state index in [-0.39, 0.29) is 0 Å². The summed E-state index contributed by atoms with van der Waals surface area (Å²) in [6.07, 6.45) is 3.65. The lowest BCUT2D eigenvalue weighted by molar-refractivity contribution is 0.122. The number of nitrogens with one attached hydrogen (secondary N) is 2. The van der Waals surface area contributed by atoms with Crippen LogP contribution in [-0.2, 0) is 4.74 Å². The second-order valence-electron chi connectivity index (χ2n) is 8.14. The number of hydrazone groups is 1. The summed E-state index contributed by atoms with van der Waals surface area (Å²) < 4.78 is 5.49. The summed E-state index contributed by atoms with van der Waals surface area (Å²) >= 11 is 0.